The zero-order chi connectivity index (χ0) is 19.5. The molecule has 0 aliphatic heterocycles. The van der Waals surface area contributed by atoms with E-state index >= 15 is 0 Å². The van der Waals surface area contributed by atoms with Gasteiger partial charge in [-0.2, -0.15) is 5.10 Å². The molecule has 0 bridgehead atoms. The average Bonchev–Trinajstić information content (AvgIpc) is 2.72. The molecule has 138 valence electrons. The minimum atomic E-state index is 0.678. The predicted octanol–water partition coefficient (Wildman–Crippen LogP) is 6.20. The summed E-state index contributed by atoms with van der Waals surface area (Å²) in [5.74, 6) is 1.37. The monoisotopic (exact) mass is 430 g/mol. The smallest absolute Gasteiger partial charge is 0.162 e. The van der Waals surface area contributed by atoms with Crippen molar-refractivity contribution in [3.63, 3.8) is 0 Å². The van der Waals surface area contributed by atoms with Crippen LogP contribution < -0.4 is 5.43 Å². The topological polar surface area (TPSA) is 50.2 Å². The highest BCUT2D eigenvalue weighted by Gasteiger charge is 2.09. The largest absolute Gasteiger partial charge is 0.260 e. The first kappa shape index (κ1) is 18.3. The van der Waals surface area contributed by atoms with Crippen LogP contribution in [-0.4, -0.2) is 15.7 Å². The molecule has 3 aromatic carbocycles. The maximum atomic E-state index is 4.74. The summed E-state index contributed by atoms with van der Waals surface area (Å²) in [7, 11) is 0. The van der Waals surface area contributed by atoms with Crippen LogP contribution in [0.15, 0.2) is 82.4 Å². The third-order valence-electron chi connectivity index (χ3n) is 4.50. The second-order valence-corrected chi connectivity index (χ2v) is 7.51. The number of nitrogens with one attached hydrogen (secondary N) is 1. The van der Waals surface area contributed by atoms with Gasteiger partial charge in [0.25, 0.3) is 0 Å². The standard InChI is InChI=1S/C23H19BrN4/c1-15-7-9-18(10-8-15)22-25-21-6-4-3-5-20(21)23(26-22)28-27-16(2)17-11-13-19(24)14-12-17/h3-14H,1-2H3,(H,25,26,28)/b27-16-. The van der Waals surface area contributed by atoms with Crippen LogP contribution in [-0.2, 0) is 0 Å². The van der Waals surface area contributed by atoms with Crippen molar-refractivity contribution in [2.45, 2.75) is 13.8 Å². The Labute approximate surface area is 172 Å². The number of hydrogen-bond acceptors (Lipinski definition) is 4. The maximum Gasteiger partial charge on any atom is 0.162 e. The van der Waals surface area contributed by atoms with Crippen LogP contribution in [0.2, 0.25) is 0 Å². The molecular formula is C23H19BrN4. The van der Waals surface area contributed by atoms with Gasteiger partial charge < -0.3 is 0 Å². The van der Waals surface area contributed by atoms with Gasteiger partial charge in [0.1, 0.15) is 0 Å². The van der Waals surface area contributed by atoms with Crippen molar-refractivity contribution in [2.24, 2.45) is 5.10 Å². The molecular weight excluding hydrogens is 412 g/mol. The third kappa shape index (κ3) is 3.94. The summed E-state index contributed by atoms with van der Waals surface area (Å²) in [5.41, 5.74) is 8.14. The SMILES string of the molecule is C/C(=N/Nc1nc(-c2ccc(C)cc2)nc2ccccc12)c1ccc(Br)cc1. The Morgan fingerprint density at radius 1 is 0.893 bits per heavy atom. The fraction of sp³-hybridized carbons (Fsp3) is 0.0870. The molecule has 4 rings (SSSR count). The third-order valence-corrected chi connectivity index (χ3v) is 5.03. The molecule has 0 aliphatic rings. The van der Waals surface area contributed by atoms with Crippen molar-refractivity contribution in [1.29, 1.82) is 0 Å². The van der Waals surface area contributed by atoms with Crippen molar-refractivity contribution >= 4 is 38.4 Å². The number of rotatable bonds is 4. The quantitative estimate of drug-likeness (QED) is 0.309. The van der Waals surface area contributed by atoms with Crippen molar-refractivity contribution in [1.82, 2.24) is 9.97 Å². The van der Waals surface area contributed by atoms with E-state index in [2.05, 4.69) is 45.5 Å². The molecule has 0 radical (unpaired) electrons. The molecule has 0 atom stereocenters. The normalized spacial score (nSPS) is 11.6. The molecule has 1 heterocycles. The van der Waals surface area contributed by atoms with Gasteiger partial charge in [0.15, 0.2) is 11.6 Å². The fourth-order valence-electron chi connectivity index (χ4n) is 2.89. The molecule has 0 saturated carbocycles. The number of benzene rings is 3. The number of anilines is 1. The second kappa shape index (κ2) is 7.90. The van der Waals surface area contributed by atoms with Gasteiger partial charge in [-0.15, -0.1) is 0 Å². The Bertz CT molecular complexity index is 1150. The van der Waals surface area contributed by atoms with Crippen LogP contribution in [0.5, 0.6) is 0 Å². The first-order valence-electron chi connectivity index (χ1n) is 9.00. The number of hydrazone groups is 1. The van der Waals surface area contributed by atoms with Crippen LogP contribution in [0.25, 0.3) is 22.3 Å². The van der Waals surface area contributed by atoms with Gasteiger partial charge >= 0.3 is 0 Å². The average molecular weight is 431 g/mol. The van der Waals surface area contributed by atoms with E-state index in [1.165, 1.54) is 5.56 Å². The number of nitrogens with zero attached hydrogens (tertiary/aromatic N) is 3. The lowest BCUT2D eigenvalue weighted by molar-refractivity contribution is 1.18. The molecule has 0 aliphatic carbocycles. The number of aryl methyl sites for hydroxylation is 1. The number of aromatic nitrogens is 2. The number of halogens is 1. The molecule has 0 amide bonds. The minimum absolute atomic E-state index is 0.678. The van der Waals surface area contributed by atoms with Crippen LogP contribution in [0.4, 0.5) is 5.82 Å². The Morgan fingerprint density at radius 2 is 1.61 bits per heavy atom. The summed E-state index contributed by atoms with van der Waals surface area (Å²) in [4.78, 5) is 9.47. The highest BCUT2D eigenvalue weighted by Crippen LogP contribution is 2.25. The Kier molecular flexibility index (Phi) is 5.17. The molecule has 1 aromatic heterocycles. The highest BCUT2D eigenvalue weighted by atomic mass is 79.9. The fourth-order valence-corrected chi connectivity index (χ4v) is 3.15. The lowest BCUT2D eigenvalue weighted by atomic mass is 10.1. The van der Waals surface area contributed by atoms with E-state index in [4.69, 9.17) is 9.97 Å². The number of hydrogen-bond donors (Lipinski definition) is 1. The second-order valence-electron chi connectivity index (χ2n) is 6.59. The number of para-hydroxylation sites is 1. The highest BCUT2D eigenvalue weighted by molar-refractivity contribution is 9.10. The molecule has 0 unspecified atom stereocenters. The van der Waals surface area contributed by atoms with Crippen LogP contribution in [0.1, 0.15) is 18.1 Å². The Balaban J connectivity index is 1.73. The van der Waals surface area contributed by atoms with E-state index in [-0.39, 0.29) is 0 Å². The van der Waals surface area contributed by atoms with Crippen LogP contribution >= 0.6 is 15.9 Å². The zero-order valence-corrected chi connectivity index (χ0v) is 17.2. The summed E-state index contributed by atoms with van der Waals surface area (Å²) in [6, 6.07) is 24.2. The van der Waals surface area contributed by atoms with Gasteiger partial charge in [-0.1, -0.05) is 70.0 Å². The van der Waals surface area contributed by atoms with Gasteiger partial charge in [0.05, 0.1) is 11.2 Å². The molecule has 0 fully saturated rings. The molecule has 0 saturated heterocycles. The van der Waals surface area contributed by atoms with Crippen molar-refractivity contribution < 1.29 is 0 Å². The summed E-state index contributed by atoms with van der Waals surface area (Å²) >= 11 is 3.46. The van der Waals surface area contributed by atoms with Gasteiger partial charge in [-0.25, -0.2) is 9.97 Å². The minimum Gasteiger partial charge on any atom is -0.260 e. The Morgan fingerprint density at radius 3 is 2.36 bits per heavy atom. The maximum absolute atomic E-state index is 4.74. The predicted molar refractivity (Wildman–Crippen MR) is 120 cm³/mol. The lowest BCUT2D eigenvalue weighted by Gasteiger charge is -2.09. The molecule has 5 heteroatoms. The number of fused-ring (bicyclic) bond motifs is 1. The first-order valence-corrected chi connectivity index (χ1v) is 9.79. The van der Waals surface area contributed by atoms with Gasteiger partial charge in [0.2, 0.25) is 0 Å². The van der Waals surface area contributed by atoms with E-state index in [0.29, 0.717) is 11.6 Å². The van der Waals surface area contributed by atoms with Gasteiger partial charge in [0, 0.05) is 15.4 Å². The van der Waals surface area contributed by atoms with Crippen LogP contribution in [0, 0.1) is 6.92 Å². The molecule has 4 nitrogen and oxygen atoms in total. The van der Waals surface area contributed by atoms with E-state index in [1.54, 1.807) is 0 Å². The molecule has 28 heavy (non-hydrogen) atoms. The van der Waals surface area contributed by atoms with Crippen molar-refractivity contribution in [3.8, 4) is 11.4 Å². The van der Waals surface area contributed by atoms with E-state index < -0.39 is 0 Å². The summed E-state index contributed by atoms with van der Waals surface area (Å²) in [5, 5.41) is 5.49. The van der Waals surface area contributed by atoms with E-state index in [0.717, 1.165) is 32.2 Å². The lowest BCUT2D eigenvalue weighted by Crippen LogP contribution is -2.03. The molecule has 0 spiro atoms. The van der Waals surface area contributed by atoms with Crippen LogP contribution in [0.3, 0.4) is 0 Å². The summed E-state index contributed by atoms with van der Waals surface area (Å²) < 4.78 is 1.04. The molecule has 1 N–H and O–H groups in total. The van der Waals surface area contributed by atoms with Gasteiger partial charge in [-0.05, 0) is 43.7 Å². The molecule has 4 aromatic rings. The summed E-state index contributed by atoms with van der Waals surface area (Å²) in [6.45, 7) is 4.04. The van der Waals surface area contributed by atoms with E-state index in [9.17, 15) is 0 Å². The van der Waals surface area contributed by atoms with E-state index in [1.807, 2.05) is 67.6 Å². The van der Waals surface area contributed by atoms with Crippen molar-refractivity contribution in [3.05, 3.63) is 88.4 Å². The van der Waals surface area contributed by atoms with Gasteiger partial charge in [-0.3, -0.25) is 5.43 Å². The first-order chi connectivity index (χ1) is 13.6. The Hall–Kier alpha value is -3.05. The summed E-state index contributed by atoms with van der Waals surface area (Å²) in [6.07, 6.45) is 0. The van der Waals surface area contributed by atoms with Crippen molar-refractivity contribution in [2.75, 3.05) is 5.43 Å². The zero-order valence-electron chi connectivity index (χ0n) is 15.6.